The van der Waals surface area contributed by atoms with E-state index in [4.69, 9.17) is 4.74 Å². The van der Waals surface area contributed by atoms with Crippen molar-refractivity contribution < 1.29 is 32.4 Å². The van der Waals surface area contributed by atoms with Gasteiger partial charge in [0.25, 0.3) is 5.91 Å². The molecule has 0 aromatic heterocycles. The zero-order valence-electron chi connectivity index (χ0n) is 15.0. The molecular formula is C19H24F3N2O3+. The van der Waals surface area contributed by atoms with Crippen LogP contribution >= 0.6 is 0 Å². The molecule has 2 fully saturated rings. The van der Waals surface area contributed by atoms with Crippen LogP contribution in [-0.4, -0.2) is 37.7 Å². The van der Waals surface area contributed by atoms with Crippen LogP contribution in [0.5, 0.6) is 0 Å². The average Bonchev–Trinajstić information content (AvgIpc) is 2.65. The number of benzene rings is 1. The molecule has 2 heterocycles. The summed E-state index contributed by atoms with van der Waals surface area (Å²) >= 11 is 0. The maximum absolute atomic E-state index is 12.7. The summed E-state index contributed by atoms with van der Waals surface area (Å²) in [6, 6.07) is 4.43. The van der Waals surface area contributed by atoms with Gasteiger partial charge in [0.2, 0.25) is 0 Å². The Bertz CT molecular complexity index is 691. The highest BCUT2D eigenvalue weighted by atomic mass is 19.4. The Balaban J connectivity index is 1.52. The molecule has 1 unspecified atom stereocenters. The standard InChI is InChI=1S/C19H23F3N2O3/c20-19(21,22)15-7-3-5-13(11-15)17(25)23-18(26)27-12-14-6-4-10-24-9-2-1-8-16(14)24/h3,5,7,11,14,16H,1-2,4,6,8-10,12H2,(H,23,25,26)/p+1/t14-,16+/m0/s1. The third-order valence-corrected chi connectivity index (χ3v) is 5.53. The molecule has 0 bridgehead atoms. The number of ether oxygens (including phenoxy) is 1. The largest absolute Gasteiger partial charge is 0.449 e. The summed E-state index contributed by atoms with van der Waals surface area (Å²) in [6.07, 6.45) is 0.143. The summed E-state index contributed by atoms with van der Waals surface area (Å²) in [6.45, 7) is 2.54. The zero-order valence-corrected chi connectivity index (χ0v) is 15.0. The topological polar surface area (TPSA) is 59.8 Å². The lowest BCUT2D eigenvalue weighted by Gasteiger charge is -2.40. The molecule has 2 aliphatic heterocycles. The van der Waals surface area contributed by atoms with Gasteiger partial charge in [-0.1, -0.05) is 6.07 Å². The van der Waals surface area contributed by atoms with Crippen LogP contribution < -0.4 is 10.2 Å². The van der Waals surface area contributed by atoms with Crippen LogP contribution in [0, 0.1) is 5.92 Å². The lowest BCUT2D eigenvalue weighted by molar-refractivity contribution is -0.940. The molecule has 2 saturated heterocycles. The van der Waals surface area contributed by atoms with E-state index in [2.05, 4.69) is 0 Å². The van der Waals surface area contributed by atoms with Crippen molar-refractivity contribution in [3.63, 3.8) is 0 Å². The average molecular weight is 385 g/mol. The number of hydrogen-bond acceptors (Lipinski definition) is 3. The number of carbonyl (C=O) groups is 2. The summed E-state index contributed by atoms with van der Waals surface area (Å²) in [4.78, 5) is 25.5. The van der Waals surface area contributed by atoms with Crippen molar-refractivity contribution in [1.82, 2.24) is 5.32 Å². The zero-order chi connectivity index (χ0) is 19.4. The number of nitrogens with one attached hydrogen (secondary N) is 2. The molecule has 27 heavy (non-hydrogen) atoms. The molecule has 2 N–H and O–H groups in total. The Hall–Kier alpha value is -2.09. The van der Waals surface area contributed by atoms with Gasteiger partial charge in [0, 0.05) is 11.5 Å². The number of carbonyl (C=O) groups excluding carboxylic acids is 2. The van der Waals surface area contributed by atoms with E-state index in [0.717, 1.165) is 44.5 Å². The quantitative estimate of drug-likeness (QED) is 0.840. The highest BCUT2D eigenvalue weighted by molar-refractivity contribution is 6.02. The second-order valence-electron chi connectivity index (χ2n) is 7.29. The van der Waals surface area contributed by atoms with Gasteiger partial charge in [-0.3, -0.25) is 10.1 Å². The van der Waals surface area contributed by atoms with Gasteiger partial charge in [0.15, 0.2) is 0 Å². The third-order valence-electron chi connectivity index (χ3n) is 5.53. The minimum absolute atomic E-state index is 0.232. The molecule has 148 valence electrons. The Morgan fingerprint density at radius 2 is 1.93 bits per heavy atom. The number of halogens is 3. The fourth-order valence-electron chi connectivity index (χ4n) is 4.20. The lowest BCUT2D eigenvalue weighted by Crippen LogP contribution is -3.18. The van der Waals surface area contributed by atoms with Gasteiger partial charge >= 0.3 is 12.3 Å². The van der Waals surface area contributed by atoms with E-state index in [0.29, 0.717) is 12.1 Å². The maximum atomic E-state index is 12.7. The summed E-state index contributed by atoms with van der Waals surface area (Å²) in [5, 5.41) is 2.01. The molecule has 3 rings (SSSR count). The predicted molar refractivity (Wildman–Crippen MR) is 91.3 cm³/mol. The molecule has 5 nitrogen and oxygen atoms in total. The van der Waals surface area contributed by atoms with E-state index >= 15 is 0 Å². The van der Waals surface area contributed by atoms with Gasteiger partial charge in [-0.2, -0.15) is 13.2 Å². The molecule has 0 saturated carbocycles. The Morgan fingerprint density at radius 3 is 2.70 bits per heavy atom. The number of piperidine rings is 2. The van der Waals surface area contributed by atoms with E-state index in [-0.39, 0.29) is 18.1 Å². The molecule has 0 radical (unpaired) electrons. The first-order valence-corrected chi connectivity index (χ1v) is 9.34. The molecule has 0 spiro atoms. The molecule has 0 aliphatic carbocycles. The van der Waals surface area contributed by atoms with Gasteiger partial charge < -0.3 is 9.64 Å². The number of imide groups is 1. The van der Waals surface area contributed by atoms with Crippen molar-refractivity contribution in [3.05, 3.63) is 35.4 Å². The molecule has 1 aromatic rings. The predicted octanol–water partition coefficient (Wildman–Crippen LogP) is 2.42. The van der Waals surface area contributed by atoms with Crippen molar-refractivity contribution >= 4 is 12.0 Å². The molecular weight excluding hydrogens is 361 g/mol. The molecule has 3 atom stereocenters. The SMILES string of the molecule is O=C(NC(=O)c1cccc(C(F)(F)F)c1)OC[C@@H]1CCC[NH+]2CCCC[C@H]12. The Labute approximate surface area is 155 Å². The Morgan fingerprint density at radius 1 is 1.15 bits per heavy atom. The maximum Gasteiger partial charge on any atom is 0.416 e. The normalized spacial score (nSPS) is 25.4. The second-order valence-corrected chi connectivity index (χ2v) is 7.29. The second kappa shape index (κ2) is 8.29. The molecule has 8 heteroatoms. The number of hydrogen-bond donors (Lipinski definition) is 2. The van der Waals surface area contributed by atoms with Crippen molar-refractivity contribution in [2.24, 2.45) is 5.92 Å². The van der Waals surface area contributed by atoms with Gasteiger partial charge in [-0.15, -0.1) is 0 Å². The van der Waals surface area contributed by atoms with Gasteiger partial charge in [0.1, 0.15) is 6.61 Å². The minimum Gasteiger partial charge on any atom is -0.449 e. The molecule has 1 aromatic carbocycles. The summed E-state index contributed by atoms with van der Waals surface area (Å²) in [5.41, 5.74) is -1.17. The minimum atomic E-state index is -4.55. The Kier molecular flexibility index (Phi) is 6.04. The van der Waals surface area contributed by atoms with Crippen molar-refractivity contribution in [2.45, 2.75) is 44.3 Å². The van der Waals surface area contributed by atoms with Crippen LogP contribution in [-0.2, 0) is 10.9 Å². The first-order valence-electron chi connectivity index (χ1n) is 9.34. The fourth-order valence-corrected chi connectivity index (χ4v) is 4.20. The number of amides is 2. The van der Waals surface area contributed by atoms with Gasteiger partial charge in [-0.05, 0) is 50.3 Å². The van der Waals surface area contributed by atoms with Crippen molar-refractivity contribution in [2.75, 3.05) is 19.7 Å². The van der Waals surface area contributed by atoms with Crippen LogP contribution in [0.25, 0.3) is 0 Å². The number of fused-ring (bicyclic) bond motifs is 1. The van der Waals surface area contributed by atoms with E-state index < -0.39 is 23.7 Å². The van der Waals surface area contributed by atoms with E-state index in [1.807, 2.05) is 5.32 Å². The van der Waals surface area contributed by atoms with Crippen LogP contribution in [0.3, 0.4) is 0 Å². The van der Waals surface area contributed by atoms with Crippen LogP contribution in [0.1, 0.15) is 48.0 Å². The number of rotatable bonds is 3. The first-order chi connectivity index (χ1) is 12.8. The van der Waals surface area contributed by atoms with Gasteiger partial charge in [0.05, 0.1) is 24.7 Å². The molecule has 2 amide bonds. The van der Waals surface area contributed by atoms with Crippen LogP contribution in [0.15, 0.2) is 24.3 Å². The van der Waals surface area contributed by atoms with Crippen LogP contribution in [0.4, 0.5) is 18.0 Å². The highest BCUT2D eigenvalue weighted by Crippen LogP contribution is 2.29. The van der Waals surface area contributed by atoms with Crippen molar-refractivity contribution in [3.8, 4) is 0 Å². The highest BCUT2D eigenvalue weighted by Gasteiger charge is 2.37. The third kappa shape index (κ3) is 5.00. The molecule has 2 aliphatic rings. The van der Waals surface area contributed by atoms with Crippen molar-refractivity contribution in [1.29, 1.82) is 0 Å². The first kappa shape index (κ1) is 19.7. The van der Waals surface area contributed by atoms with E-state index in [1.54, 1.807) is 4.90 Å². The van der Waals surface area contributed by atoms with Gasteiger partial charge in [-0.25, -0.2) is 4.79 Å². The summed E-state index contributed by atoms with van der Waals surface area (Å²) < 4.78 is 43.4. The van der Waals surface area contributed by atoms with E-state index in [9.17, 15) is 22.8 Å². The number of alkyl carbamates (subject to hydrolysis) is 1. The monoisotopic (exact) mass is 385 g/mol. The fraction of sp³-hybridized carbons (Fsp3) is 0.579. The number of quaternary nitrogens is 1. The summed E-state index contributed by atoms with van der Waals surface area (Å²) in [5.74, 6) is -0.636. The number of alkyl halides is 3. The summed E-state index contributed by atoms with van der Waals surface area (Å²) in [7, 11) is 0. The smallest absolute Gasteiger partial charge is 0.416 e. The lowest BCUT2D eigenvalue weighted by atomic mass is 9.84. The van der Waals surface area contributed by atoms with E-state index in [1.165, 1.54) is 18.9 Å². The van der Waals surface area contributed by atoms with Crippen LogP contribution in [0.2, 0.25) is 0 Å².